The molecule has 0 spiro atoms. The Morgan fingerprint density at radius 2 is 1.35 bits per heavy atom. The second-order valence-corrected chi connectivity index (χ2v) is 12.3. The highest BCUT2D eigenvalue weighted by molar-refractivity contribution is 7.47. The Morgan fingerprint density at radius 1 is 0.814 bits per heavy atom. The number of aliphatic hydroxyl groups is 1. The number of hydrogen-bond acceptors (Lipinski definition) is 16. The van der Waals surface area contributed by atoms with Gasteiger partial charge in [-0.1, -0.05) is 0 Å². The van der Waals surface area contributed by atoms with Gasteiger partial charge in [0.25, 0.3) is 0 Å². The van der Waals surface area contributed by atoms with Crippen molar-refractivity contribution in [1.82, 2.24) is 39.0 Å². The first kappa shape index (κ1) is 29.9. The molecule has 4 aromatic rings. The molecular formula is C20H26N10O11P2. The van der Waals surface area contributed by atoms with Crippen molar-refractivity contribution in [3.63, 3.8) is 0 Å². The minimum atomic E-state index is -4.92. The maximum atomic E-state index is 13.0. The zero-order valence-electron chi connectivity index (χ0n) is 21.9. The van der Waals surface area contributed by atoms with E-state index in [-0.39, 0.29) is 35.6 Å². The first-order valence-electron chi connectivity index (χ1n) is 12.6. The van der Waals surface area contributed by atoms with E-state index in [1.165, 1.54) is 29.9 Å². The van der Waals surface area contributed by atoms with Gasteiger partial charge in [0.05, 0.1) is 32.0 Å². The van der Waals surface area contributed by atoms with Crippen LogP contribution >= 0.6 is 15.6 Å². The molecule has 0 saturated carbocycles. The molecule has 23 heteroatoms. The van der Waals surface area contributed by atoms with Gasteiger partial charge >= 0.3 is 15.6 Å². The zero-order valence-corrected chi connectivity index (χ0v) is 23.7. The number of aliphatic hydroxyl groups excluding tert-OH is 1. The van der Waals surface area contributed by atoms with E-state index in [2.05, 4.69) is 34.4 Å². The van der Waals surface area contributed by atoms with Crippen LogP contribution in [0.25, 0.3) is 22.3 Å². The van der Waals surface area contributed by atoms with Gasteiger partial charge in [-0.15, -0.1) is 0 Å². The third-order valence-electron chi connectivity index (χ3n) is 6.86. The molecule has 4 aromatic heterocycles. The topological polar surface area (TPSA) is 300 Å². The Labute approximate surface area is 240 Å². The van der Waals surface area contributed by atoms with E-state index in [4.69, 9.17) is 30.0 Å². The van der Waals surface area contributed by atoms with Gasteiger partial charge in [0.2, 0.25) is 0 Å². The SMILES string of the molecule is Nc1ncnc2c1ncn2C1CC(O)C(COP(=O)(O)OC2CC(n3cnc4c(N)ncnc43)OC2COP(=O)(O)O)O1. The molecule has 0 bridgehead atoms. The quantitative estimate of drug-likeness (QED) is 0.117. The van der Waals surface area contributed by atoms with Crippen molar-refractivity contribution in [1.29, 1.82) is 0 Å². The number of nitrogens with zero attached hydrogens (tertiary/aromatic N) is 8. The molecule has 2 aliphatic heterocycles. The largest absolute Gasteiger partial charge is 0.472 e. The van der Waals surface area contributed by atoms with E-state index < -0.39 is 65.7 Å². The lowest BCUT2D eigenvalue weighted by Crippen LogP contribution is -2.29. The predicted molar refractivity (Wildman–Crippen MR) is 141 cm³/mol. The standard InChI is InChI=1S/C20H26N10O11P2/c21-17-15-19(25-5-23-17)29(7-27-15)13-1-9(31)11(39-13)3-38-43(35,36)41-10-2-14(40-12(10)4-37-42(32,33)34)30-8-28-16-18(22)24-6-26-20(16)30/h5-14,31H,1-4H2,(H,35,36)(H2,21,23,25)(H2,22,24,26)(H2,32,33,34). The highest BCUT2D eigenvalue weighted by atomic mass is 31.2. The molecule has 232 valence electrons. The number of imidazole rings is 2. The van der Waals surface area contributed by atoms with Crippen molar-refractivity contribution in [2.45, 2.75) is 49.7 Å². The lowest BCUT2D eigenvalue weighted by atomic mass is 10.2. The number of phosphoric acid groups is 2. The van der Waals surface area contributed by atoms with E-state index >= 15 is 0 Å². The van der Waals surface area contributed by atoms with E-state index in [0.29, 0.717) is 11.2 Å². The van der Waals surface area contributed by atoms with E-state index in [0.717, 1.165) is 0 Å². The smallest absolute Gasteiger partial charge is 0.390 e. The molecule has 7 atom stereocenters. The number of ether oxygens (including phenoxy) is 2. The number of nitrogens with two attached hydrogens (primary N) is 2. The summed E-state index contributed by atoms with van der Waals surface area (Å²) < 4.78 is 54.1. The van der Waals surface area contributed by atoms with E-state index in [9.17, 15) is 28.9 Å². The fourth-order valence-electron chi connectivity index (χ4n) is 4.87. The molecule has 21 nitrogen and oxygen atoms in total. The molecule has 0 radical (unpaired) electrons. The number of hydrogen-bond donors (Lipinski definition) is 6. The molecule has 0 amide bonds. The number of nitrogen functional groups attached to an aromatic ring is 2. The van der Waals surface area contributed by atoms with E-state index in [1.807, 2.05) is 0 Å². The van der Waals surface area contributed by atoms with Crippen LogP contribution in [0, 0.1) is 0 Å². The number of phosphoric ester groups is 2. The molecule has 6 rings (SSSR count). The van der Waals surface area contributed by atoms with Crippen molar-refractivity contribution in [2.24, 2.45) is 0 Å². The normalized spacial score (nSPS) is 27.7. The second kappa shape index (κ2) is 11.4. The minimum absolute atomic E-state index is 0.0901. The Hall–Kier alpha value is -3.20. The fourth-order valence-corrected chi connectivity index (χ4v) is 6.17. The maximum Gasteiger partial charge on any atom is 0.472 e. The summed E-state index contributed by atoms with van der Waals surface area (Å²) in [4.78, 5) is 53.2. The van der Waals surface area contributed by atoms with Crippen LogP contribution in [-0.2, 0) is 32.2 Å². The average Bonchev–Trinajstić information content (AvgIpc) is 3.71. The van der Waals surface area contributed by atoms with Crippen molar-refractivity contribution < 1.29 is 52.0 Å². The molecular weight excluding hydrogens is 618 g/mol. The number of aromatic nitrogens is 8. The molecule has 0 aliphatic carbocycles. The lowest BCUT2D eigenvalue weighted by Gasteiger charge is -2.22. The number of rotatable bonds is 10. The van der Waals surface area contributed by atoms with Gasteiger partial charge in [0, 0.05) is 12.8 Å². The van der Waals surface area contributed by atoms with Crippen LogP contribution in [0.1, 0.15) is 25.3 Å². The fraction of sp³-hybridized carbons (Fsp3) is 0.500. The molecule has 0 aromatic carbocycles. The number of anilines is 2. The summed E-state index contributed by atoms with van der Waals surface area (Å²) in [5.74, 6) is 0.281. The highest BCUT2D eigenvalue weighted by Crippen LogP contribution is 2.50. The Kier molecular flexibility index (Phi) is 7.90. The monoisotopic (exact) mass is 644 g/mol. The molecule has 2 saturated heterocycles. The summed E-state index contributed by atoms with van der Waals surface area (Å²) in [6, 6.07) is 0. The van der Waals surface area contributed by atoms with Crippen LogP contribution in [0.15, 0.2) is 25.3 Å². The molecule has 8 N–H and O–H groups in total. The van der Waals surface area contributed by atoms with Crippen LogP contribution in [0.5, 0.6) is 0 Å². The maximum absolute atomic E-state index is 13.0. The van der Waals surface area contributed by atoms with Gasteiger partial charge in [-0.05, 0) is 0 Å². The Bertz CT molecular complexity index is 1730. The van der Waals surface area contributed by atoms with Crippen molar-refractivity contribution in [3.05, 3.63) is 25.3 Å². The third-order valence-corrected chi connectivity index (χ3v) is 8.35. The first-order valence-corrected chi connectivity index (χ1v) is 15.6. The number of fused-ring (bicyclic) bond motifs is 2. The summed E-state index contributed by atoms with van der Waals surface area (Å²) in [6.07, 6.45) is -0.970. The Morgan fingerprint density at radius 3 is 1.93 bits per heavy atom. The van der Waals surface area contributed by atoms with Crippen LogP contribution in [0.2, 0.25) is 0 Å². The second-order valence-electron chi connectivity index (χ2n) is 9.66. The van der Waals surface area contributed by atoms with Gasteiger partial charge in [-0.25, -0.2) is 39.0 Å². The summed E-state index contributed by atoms with van der Waals surface area (Å²) in [5, 5.41) is 10.6. The summed E-state index contributed by atoms with van der Waals surface area (Å²) >= 11 is 0. The molecule has 2 aliphatic rings. The first-order chi connectivity index (χ1) is 20.4. The predicted octanol–water partition coefficient (Wildman–Crippen LogP) is -0.622. The summed E-state index contributed by atoms with van der Waals surface area (Å²) in [5.41, 5.74) is 13.0. The van der Waals surface area contributed by atoms with Gasteiger partial charge in [-0.3, -0.25) is 22.7 Å². The summed E-state index contributed by atoms with van der Waals surface area (Å²) in [7, 11) is -9.78. The van der Waals surface area contributed by atoms with Gasteiger partial charge < -0.3 is 40.7 Å². The van der Waals surface area contributed by atoms with E-state index in [1.54, 1.807) is 4.57 Å². The van der Waals surface area contributed by atoms with Gasteiger partial charge in [0.15, 0.2) is 22.9 Å². The lowest BCUT2D eigenvalue weighted by molar-refractivity contribution is -0.0549. The van der Waals surface area contributed by atoms with Crippen LogP contribution < -0.4 is 11.5 Å². The minimum Gasteiger partial charge on any atom is -0.390 e. The average molecular weight is 644 g/mol. The van der Waals surface area contributed by atoms with Gasteiger partial charge in [-0.2, -0.15) is 0 Å². The highest BCUT2D eigenvalue weighted by Gasteiger charge is 2.44. The Balaban J connectivity index is 1.13. The van der Waals surface area contributed by atoms with Crippen molar-refractivity contribution in [2.75, 3.05) is 24.7 Å². The van der Waals surface area contributed by atoms with Crippen LogP contribution in [-0.4, -0.2) is 96.5 Å². The van der Waals surface area contributed by atoms with Gasteiger partial charge in [0.1, 0.15) is 54.5 Å². The van der Waals surface area contributed by atoms with Crippen molar-refractivity contribution in [3.8, 4) is 0 Å². The zero-order chi connectivity index (χ0) is 30.5. The summed E-state index contributed by atoms with van der Waals surface area (Å²) in [6.45, 7) is -1.23. The molecule has 6 heterocycles. The third kappa shape index (κ3) is 6.24. The van der Waals surface area contributed by atoms with Crippen LogP contribution in [0.4, 0.5) is 11.6 Å². The molecule has 2 fully saturated rings. The molecule has 7 unspecified atom stereocenters. The van der Waals surface area contributed by atoms with Crippen LogP contribution in [0.3, 0.4) is 0 Å². The van der Waals surface area contributed by atoms with Crippen molar-refractivity contribution >= 4 is 49.6 Å². The molecule has 43 heavy (non-hydrogen) atoms.